The topological polar surface area (TPSA) is 67.2 Å². The molecule has 0 fully saturated rings. The van der Waals surface area contributed by atoms with Crippen LogP contribution >= 0.6 is 0 Å². The molecule has 2 rings (SSSR count). The van der Waals surface area contributed by atoms with Gasteiger partial charge in [-0.2, -0.15) is 5.26 Å². The molecule has 0 amide bonds. The fourth-order valence-corrected chi connectivity index (χ4v) is 2.42. The molecule has 5 heteroatoms. The highest BCUT2D eigenvalue weighted by Crippen LogP contribution is 2.31. The van der Waals surface area contributed by atoms with Crippen LogP contribution in [0.25, 0.3) is 0 Å². The van der Waals surface area contributed by atoms with Crippen molar-refractivity contribution in [2.45, 2.75) is 18.8 Å². The van der Waals surface area contributed by atoms with E-state index in [1.807, 2.05) is 6.07 Å². The molecule has 0 aliphatic carbocycles. The number of benzene rings is 2. The van der Waals surface area contributed by atoms with E-state index in [1.165, 1.54) is 18.2 Å². The summed E-state index contributed by atoms with van der Waals surface area (Å²) in [6, 6.07) is 15.4. The van der Waals surface area contributed by atoms with Crippen molar-refractivity contribution in [1.82, 2.24) is 0 Å². The highest BCUT2D eigenvalue weighted by Gasteiger charge is 2.44. The van der Waals surface area contributed by atoms with Crippen LogP contribution in [-0.4, -0.2) is 18.4 Å². The number of esters is 1. The molecule has 0 aliphatic rings. The fourth-order valence-electron chi connectivity index (χ4n) is 2.42. The molecular weight excluding hydrogens is 309 g/mol. The van der Waals surface area contributed by atoms with Gasteiger partial charge >= 0.3 is 5.97 Å². The SMILES string of the molecule is CCOC(=O)C(C#N)(CC(=O)c1cccc(F)c1)c1ccccc1. The van der Waals surface area contributed by atoms with Crippen LogP contribution in [0.1, 0.15) is 29.3 Å². The van der Waals surface area contributed by atoms with Crippen LogP contribution in [0, 0.1) is 17.1 Å². The molecule has 1 atom stereocenters. The first-order valence-electron chi connectivity index (χ1n) is 7.46. The molecule has 122 valence electrons. The Bertz CT molecular complexity index is 783. The van der Waals surface area contributed by atoms with E-state index in [9.17, 15) is 19.2 Å². The third-order valence-electron chi connectivity index (χ3n) is 3.65. The molecule has 0 N–H and O–H groups in total. The number of rotatable bonds is 6. The second-order valence-corrected chi connectivity index (χ2v) is 5.21. The number of carbonyl (C=O) groups is 2. The number of carbonyl (C=O) groups excluding carboxylic acids is 2. The lowest BCUT2D eigenvalue weighted by molar-refractivity contribution is -0.147. The Kier molecular flexibility index (Phi) is 5.43. The van der Waals surface area contributed by atoms with E-state index in [0.29, 0.717) is 5.56 Å². The summed E-state index contributed by atoms with van der Waals surface area (Å²) in [5, 5.41) is 9.70. The van der Waals surface area contributed by atoms with Crippen molar-refractivity contribution in [3.8, 4) is 6.07 Å². The van der Waals surface area contributed by atoms with Gasteiger partial charge in [-0.1, -0.05) is 42.5 Å². The number of hydrogen-bond acceptors (Lipinski definition) is 4. The van der Waals surface area contributed by atoms with Gasteiger partial charge in [-0.05, 0) is 24.6 Å². The lowest BCUT2D eigenvalue weighted by Crippen LogP contribution is -2.38. The van der Waals surface area contributed by atoms with Crippen molar-refractivity contribution in [1.29, 1.82) is 5.26 Å². The molecule has 0 radical (unpaired) electrons. The maximum Gasteiger partial charge on any atom is 0.331 e. The fraction of sp³-hybridized carbons (Fsp3) is 0.211. The van der Waals surface area contributed by atoms with Gasteiger partial charge < -0.3 is 4.74 Å². The lowest BCUT2D eigenvalue weighted by Gasteiger charge is -2.24. The Morgan fingerprint density at radius 1 is 1.17 bits per heavy atom. The molecule has 0 saturated carbocycles. The first kappa shape index (κ1) is 17.4. The summed E-state index contributed by atoms with van der Waals surface area (Å²) in [4.78, 5) is 25.0. The molecule has 0 aromatic heterocycles. The van der Waals surface area contributed by atoms with Gasteiger partial charge in [-0.15, -0.1) is 0 Å². The highest BCUT2D eigenvalue weighted by molar-refractivity contribution is 6.02. The summed E-state index contributed by atoms with van der Waals surface area (Å²) >= 11 is 0. The second kappa shape index (κ2) is 7.51. The summed E-state index contributed by atoms with van der Waals surface area (Å²) in [6.07, 6.45) is -0.421. The molecule has 0 spiro atoms. The predicted molar refractivity (Wildman–Crippen MR) is 85.7 cm³/mol. The lowest BCUT2D eigenvalue weighted by atomic mass is 9.76. The molecule has 2 aromatic carbocycles. The van der Waals surface area contributed by atoms with Crippen LogP contribution in [0.15, 0.2) is 54.6 Å². The minimum Gasteiger partial charge on any atom is -0.465 e. The van der Waals surface area contributed by atoms with Crippen molar-refractivity contribution in [2.24, 2.45) is 0 Å². The first-order chi connectivity index (χ1) is 11.5. The van der Waals surface area contributed by atoms with Gasteiger partial charge in [0.1, 0.15) is 5.82 Å². The van der Waals surface area contributed by atoms with Crippen LogP contribution in [0.4, 0.5) is 4.39 Å². The molecule has 2 aromatic rings. The van der Waals surface area contributed by atoms with E-state index in [1.54, 1.807) is 37.3 Å². The Labute approximate surface area is 139 Å². The van der Waals surface area contributed by atoms with Crippen molar-refractivity contribution in [2.75, 3.05) is 6.61 Å². The van der Waals surface area contributed by atoms with E-state index < -0.39 is 29.4 Å². The van der Waals surface area contributed by atoms with Gasteiger partial charge in [0.05, 0.1) is 12.7 Å². The highest BCUT2D eigenvalue weighted by atomic mass is 19.1. The Morgan fingerprint density at radius 3 is 2.46 bits per heavy atom. The number of Topliss-reactive ketones (excluding diaryl/α,β-unsaturated/α-hetero) is 1. The maximum absolute atomic E-state index is 13.3. The van der Waals surface area contributed by atoms with E-state index >= 15 is 0 Å². The third-order valence-corrected chi connectivity index (χ3v) is 3.65. The van der Waals surface area contributed by atoms with Gasteiger partial charge in [0, 0.05) is 12.0 Å². The number of halogens is 1. The zero-order chi connectivity index (χ0) is 17.6. The van der Waals surface area contributed by atoms with E-state index in [4.69, 9.17) is 4.74 Å². The monoisotopic (exact) mass is 325 g/mol. The summed E-state index contributed by atoms with van der Waals surface area (Å²) in [7, 11) is 0. The molecule has 0 aliphatic heterocycles. The number of hydrogen-bond donors (Lipinski definition) is 0. The van der Waals surface area contributed by atoms with Gasteiger partial charge in [0.25, 0.3) is 0 Å². The molecule has 4 nitrogen and oxygen atoms in total. The second-order valence-electron chi connectivity index (χ2n) is 5.21. The average Bonchev–Trinajstić information content (AvgIpc) is 2.60. The first-order valence-corrected chi connectivity index (χ1v) is 7.46. The van der Waals surface area contributed by atoms with Crippen molar-refractivity contribution in [3.63, 3.8) is 0 Å². The Balaban J connectivity index is 2.45. The van der Waals surface area contributed by atoms with Gasteiger partial charge in [-0.3, -0.25) is 4.79 Å². The number of ether oxygens (including phenoxy) is 1. The van der Waals surface area contributed by atoms with Crippen LogP contribution < -0.4 is 0 Å². The zero-order valence-electron chi connectivity index (χ0n) is 13.2. The standard InChI is InChI=1S/C19H16FNO3/c1-2-24-18(23)19(13-21,15-8-4-3-5-9-15)12-17(22)14-7-6-10-16(20)11-14/h3-11H,2,12H2,1H3. The van der Waals surface area contributed by atoms with Gasteiger partial charge in [0.2, 0.25) is 0 Å². The third kappa shape index (κ3) is 3.49. The summed E-state index contributed by atoms with van der Waals surface area (Å²) in [5.41, 5.74) is -1.29. The van der Waals surface area contributed by atoms with Crippen LogP contribution in [0.3, 0.4) is 0 Å². The summed E-state index contributed by atoms with van der Waals surface area (Å²) in [6.45, 7) is 1.71. The maximum atomic E-state index is 13.3. The zero-order valence-corrected chi connectivity index (χ0v) is 13.2. The quantitative estimate of drug-likeness (QED) is 0.603. The normalized spacial score (nSPS) is 12.7. The smallest absolute Gasteiger partial charge is 0.331 e. The molecular formula is C19H16FNO3. The number of ketones is 1. The summed E-state index contributed by atoms with van der Waals surface area (Å²) in [5.74, 6) is -1.85. The van der Waals surface area contributed by atoms with Crippen molar-refractivity contribution in [3.05, 3.63) is 71.5 Å². The van der Waals surface area contributed by atoms with Gasteiger partial charge in [-0.25, -0.2) is 9.18 Å². The molecule has 0 heterocycles. The van der Waals surface area contributed by atoms with Crippen molar-refractivity contribution >= 4 is 11.8 Å². The average molecular weight is 325 g/mol. The van der Waals surface area contributed by atoms with Crippen LogP contribution in [-0.2, 0) is 14.9 Å². The van der Waals surface area contributed by atoms with E-state index in [0.717, 1.165) is 6.07 Å². The Hall–Kier alpha value is -3.00. The number of nitriles is 1. The minimum absolute atomic E-state index is 0.0866. The minimum atomic E-state index is -1.76. The van der Waals surface area contributed by atoms with Crippen molar-refractivity contribution < 1.29 is 18.7 Å². The van der Waals surface area contributed by atoms with Crippen LogP contribution in [0.5, 0.6) is 0 Å². The molecule has 0 bridgehead atoms. The van der Waals surface area contributed by atoms with E-state index in [-0.39, 0.29) is 12.2 Å². The molecule has 1 unspecified atom stereocenters. The van der Waals surface area contributed by atoms with E-state index in [2.05, 4.69) is 0 Å². The predicted octanol–water partition coefficient (Wildman–Crippen LogP) is 3.42. The Morgan fingerprint density at radius 2 is 1.88 bits per heavy atom. The summed E-state index contributed by atoms with van der Waals surface area (Å²) < 4.78 is 18.4. The van der Waals surface area contributed by atoms with Gasteiger partial charge in [0.15, 0.2) is 11.2 Å². The number of nitrogens with zero attached hydrogens (tertiary/aromatic N) is 1. The largest absolute Gasteiger partial charge is 0.465 e. The molecule has 0 saturated heterocycles. The molecule has 24 heavy (non-hydrogen) atoms. The van der Waals surface area contributed by atoms with Crippen LogP contribution in [0.2, 0.25) is 0 Å².